The summed E-state index contributed by atoms with van der Waals surface area (Å²) >= 11 is 1.14. The molecule has 5 aromatic carbocycles. The van der Waals surface area contributed by atoms with Gasteiger partial charge in [0.05, 0.1) is 0 Å². The fraction of sp³-hybridized carbons (Fsp3) is 0.238. The molecular weight excluding hydrogens is 1040 g/mol. The van der Waals surface area contributed by atoms with Crippen molar-refractivity contribution in [2.24, 2.45) is 4.99 Å². The molecule has 5 aromatic rings. The van der Waals surface area contributed by atoms with Crippen molar-refractivity contribution >= 4 is 94.9 Å². The molecule has 1 aliphatic rings. The first kappa shape index (κ1) is 37.6. The minimum absolute atomic E-state index is 0.129. The summed E-state index contributed by atoms with van der Waals surface area (Å²) in [6.45, 7) is 11.1. The maximum atomic E-state index is 7.02. The van der Waals surface area contributed by atoms with E-state index in [0.717, 1.165) is 85.4 Å². The van der Waals surface area contributed by atoms with Gasteiger partial charge in [0.2, 0.25) is 0 Å². The van der Waals surface area contributed by atoms with Gasteiger partial charge in [-0.05, 0) is 0 Å². The van der Waals surface area contributed by atoms with E-state index in [9.17, 15) is 0 Å². The number of nitrogens with zero attached hydrogens (tertiary/aromatic N) is 2. The maximum absolute atomic E-state index is 7.02. The van der Waals surface area contributed by atoms with Crippen LogP contribution < -0.4 is 7.58 Å². The van der Waals surface area contributed by atoms with Crippen LogP contribution >= 0.6 is 9.39 Å². The van der Waals surface area contributed by atoms with Crippen LogP contribution in [-0.4, -0.2) is 90.2 Å². The first-order valence-electron chi connectivity index (χ1n) is 17.0. The van der Waals surface area contributed by atoms with E-state index >= 15 is 0 Å². The number of benzene rings is 5. The molecule has 50 heavy (non-hydrogen) atoms. The Morgan fingerprint density at radius 1 is 0.720 bits per heavy atom. The van der Waals surface area contributed by atoms with Crippen molar-refractivity contribution in [2.45, 2.75) is 59.5 Å². The third kappa shape index (κ3) is 8.89. The molecule has 0 aromatic heterocycles. The Hall–Kier alpha value is -2.15. The van der Waals surface area contributed by atoms with Crippen LogP contribution in [0.15, 0.2) is 114 Å². The molecule has 1 aliphatic carbocycles. The molecule has 8 heteroatoms. The molecular formula is C42H42AlN2O2PPb2+. The van der Waals surface area contributed by atoms with Crippen LogP contribution in [0.1, 0.15) is 76.8 Å². The summed E-state index contributed by atoms with van der Waals surface area (Å²) in [5.41, 5.74) is 10.9. The molecule has 0 saturated heterocycles. The van der Waals surface area contributed by atoms with Crippen LogP contribution in [0.5, 0.6) is 11.5 Å². The van der Waals surface area contributed by atoms with Gasteiger partial charge in [0.25, 0.3) is 0 Å². The molecule has 0 spiro atoms. The number of rotatable bonds is 12. The zero-order valence-electron chi connectivity index (χ0n) is 29.4. The summed E-state index contributed by atoms with van der Waals surface area (Å²) in [5.74, 6) is 1.77. The van der Waals surface area contributed by atoms with Gasteiger partial charge in [-0.15, -0.1) is 0 Å². The molecule has 0 aliphatic heterocycles. The molecule has 0 bridgehead atoms. The Bertz CT molecular complexity index is 2000. The van der Waals surface area contributed by atoms with E-state index in [1.807, 2.05) is 12.3 Å². The average molecular weight is 1080 g/mol. The van der Waals surface area contributed by atoms with Crippen molar-refractivity contribution in [1.29, 1.82) is 0 Å². The molecule has 1 fully saturated rings. The van der Waals surface area contributed by atoms with E-state index in [4.69, 9.17) is 12.6 Å². The van der Waals surface area contributed by atoms with E-state index in [-0.39, 0.29) is 0.533 Å². The summed E-state index contributed by atoms with van der Waals surface area (Å²) in [5, 5.41) is 0. The van der Waals surface area contributed by atoms with Crippen LogP contribution in [0.25, 0.3) is 0 Å². The van der Waals surface area contributed by atoms with Crippen LogP contribution in [0.3, 0.4) is 0 Å². The van der Waals surface area contributed by atoms with Gasteiger partial charge in [0.15, 0.2) is 0 Å². The van der Waals surface area contributed by atoms with Crippen LogP contribution in [0.4, 0.5) is 5.69 Å². The summed E-state index contributed by atoms with van der Waals surface area (Å²) in [6.07, 6.45) is 6.62. The van der Waals surface area contributed by atoms with Crippen LogP contribution in [0, 0.1) is 20.8 Å². The van der Waals surface area contributed by atoms with Crippen molar-refractivity contribution in [3.05, 3.63) is 159 Å². The zero-order chi connectivity index (χ0) is 35.5. The fourth-order valence-corrected chi connectivity index (χ4v) is 9.10. The Kier molecular flexibility index (Phi) is 12.2. The Morgan fingerprint density at radius 3 is 1.84 bits per heavy atom. The number of hydrogen-bond acceptors (Lipinski definition) is 3. The molecule has 0 N–H and O–H groups in total. The van der Waals surface area contributed by atoms with Gasteiger partial charge >= 0.3 is 330 Å². The van der Waals surface area contributed by atoms with Gasteiger partial charge in [-0.25, -0.2) is 0 Å². The molecule has 1 unspecified atom stereocenters. The molecule has 0 amide bonds. The van der Waals surface area contributed by atoms with Gasteiger partial charge in [-0.3, -0.25) is 0 Å². The Morgan fingerprint density at radius 2 is 1.28 bits per heavy atom. The second-order valence-corrected chi connectivity index (χ2v) is 30.3. The SMILES string of the molecule is Cc1cccc(N=Cc2cc(C)cc([C](C)([Pb])[Pb])c2[O][Al][O]c2c(/C=[N+](/P)C3CC3)cc(C)cc2C(C)(c2ccccc2)c2ccccc2)c1. The number of hydrogen-bond donors (Lipinski definition) is 0. The predicted octanol–water partition coefficient (Wildman–Crippen LogP) is 8.60. The summed E-state index contributed by atoms with van der Waals surface area (Å²) in [6, 6.07) is 39.5. The summed E-state index contributed by atoms with van der Waals surface area (Å²) in [4.78, 5) is 4.89. The van der Waals surface area contributed by atoms with E-state index < -0.39 is 21.3 Å². The minimum atomic E-state index is -0.916. The van der Waals surface area contributed by atoms with Gasteiger partial charge < -0.3 is 0 Å². The molecule has 247 valence electrons. The van der Waals surface area contributed by atoms with Crippen LogP contribution in [0.2, 0.25) is 0 Å². The first-order valence-corrected chi connectivity index (χ1v) is 22.3. The van der Waals surface area contributed by atoms with E-state index in [1.165, 1.54) is 46.2 Å². The van der Waals surface area contributed by atoms with Crippen LogP contribution in [-0.2, 0) is 5.95 Å². The zero-order valence-corrected chi connectivity index (χ0v) is 39.5. The molecule has 1 atom stereocenters. The predicted molar refractivity (Wildman–Crippen MR) is 213 cm³/mol. The summed E-state index contributed by atoms with van der Waals surface area (Å²) in [7, 11) is 2.93. The Labute approximate surface area is 338 Å². The topological polar surface area (TPSA) is 33.8 Å². The third-order valence-electron chi connectivity index (χ3n) is 9.25. The van der Waals surface area contributed by atoms with Crippen molar-refractivity contribution in [3.63, 3.8) is 0 Å². The van der Waals surface area contributed by atoms with Crippen molar-refractivity contribution in [3.8, 4) is 11.5 Å². The first-order chi connectivity index (χ1) is 23.9. The average Bonchev–Trinajstić information content (AvgIpc) is 3.95. The Balaban J connectivity index is 1.46. The second kappa shape index (κ2) is 16.2. The number of aryl methyl sites for hydroxylation is 3. The summed E-state index contributed by atoms with van der Waals surface area (Å²) < 4.78 is 16.3. The standard InChI is InChI=1S/C25H26NOP.C17H17NO.Al.2Pb/c1-18-15-19(17-26(28)22-13-14-22)24(27)23(16-18)25(2,20-9-5-3-6-10-20)21-11-7-4-8-12-21;1-4-14-8-13(3)9-15(17(14)19)11-18-16-7-5-6-12(2)10-16;;;/h3-12,15-17,22H,13-14,28H2,1-2H3;5-11,19H,1-3H3;;;/q;;+2;;/p-1. The second-order valence-electron chi connectivity index (χ2n) is 13.7. The van der Waals surface area contributed by atoms with Crippen molar-refractivity contribution in [1.82, 2.24) is 0 Å². The molecule has 6 rings (SSSR count). The monoisotopic (exact) mass is 1080 g/mol. The van der Waals surface area contributed by atoms with Crippen molar-refractivity contribution < 1.29 is 11.9 Å². The van der Waals surface area contributed by atoms with E-state index in [0.29, 0.717) is 6.04 Å². The normalized spacial score (nSPS) is 13.8. The van der Waals surface area contributed by atoms with E-state index in [1.54, 1.807) is 0 Å². The van der Waals surface area contributed by atoms with Gasteiger partial charge in [0.1, 0.15) is 0 Å². The van der Waals surface area contributed by atoms with E-state index in [2.05, 4.69) is 158 Å². The van der Waals surface area contributed by atoms with Gasteiger partial charge in [-0.2, -0.15) is 0 Å². The quantitative estimate of drug-likeness (QED) is 0.0544. The van der Waals surface area contributed by atoms with Gasteiger partial charge in [0, 0.05) is 0 Å². The third-order valence-corrected chi connectivity index (χ3v) is 12.6. The molecule has 4 nitrogen and oxygen atoms in total. The molecule has 1 saturated carbocycles. The fourth-order valence-electron chi connectivity index (χ4n) is 6.43. The number of aliphatic imine (C=N–C) groups is 1. The van der Waals surface area contributed by atoms with Gasteiger partial charge in [-0.1, -0.05) is 12.1 Å². The van der Waals surface area contributed by atoms with Crippen molar-refractivity contribution in [2.75, 3.05) is 0 Å². The molecule has 7 radical (unpaired) electrons. The molecule has 0 heterocycles.